The molecule has 9 aromatic carbocycles. The summed E-state index contributed by atoms with van der Waals surface area (Å²) < 4.78 is 102. The van der Waals surface area contributed by atoms with E-state index >= 15 is 0 Å². The van der Waals surface area contributed by atoms with Crippen LogP contribution in [0.3, 0.4) is 0 Å². The highest BCUT2D eigenvalue weighted by Crippen LogP contribution is 2.51. The molecule has 0 aliphatic carbocycles. The number of nitrogens with zero attached hydrogens (tertiary/aromatic N) is 4. The molecule has 0 aliphatic rings. The first-order valence-corrected chi connectivity index (χ1v) is 20.6. The number of aryl methyl sites for hydroxylation is 4. The van der Waals surface area contributed by atoms with Crippen molar-refractivity contribution < 1.29 is 16.4 Å². The van der Waals surface area contributed by atoms with Gasteiger partial charge in [0.1, 0.15) is 0 Å². The van der Waals surface area contributed by atoms with Crippen molar-refractivity contribution in [1.29, 1.82) is 0 Å². The van der Waals surface area contributed by atoms with Crippen LogP contribution in [0.1, 0.15) is 38.7 Å². The molecular formula is C58H42N4. The van der Waals surface area contributed by atoms with Gasteiger partial charge in [-0.25, -0.2) is 0 Å². The lowest BCUT2D eigenvalue weighted by Crippen LogP contribution is -2.10. The van der Waals surface area contributed by atoms with Crippen molar-refractivity contribution in [2.75, 3.05) is 9.80 Å². The number of para-hydroxylation sites is 2. The maximum absolute atomic E-state index is 8.07. The maximum atomic E-state index is 8.07. The van der Waals surface area contributed by atoms with Crippen LogP contribution in [-0.4, -0.2) is 8.80 Å². The van der Waals surface area contributed by atoms with E-state index in [1.54, 1.807) is 97.1 Å². The van der Waals surface area contributed by atoms with Crippen LogP contribution in [0.25, 0.3) is 76.2 Å². The van der Waals surface area contributed by atoms with Crippen LogP contribution in [0, 0.1) is 27.4 Å². The van der Waals surface area contributed by atoms with E-state index in [4.69, 9.17) is 16.4 Å². The van der Waals surface area contributed by atoms with E-state index in [2.05, 4.69) is 79.3 Å². The standard InChI is InChI=1S/C58H42N4/c1-35-13-21-39(22-14-35)59(40-23-15-36(2)16-24-40)51-31-29-43-47-33-54-48(34-53(47)61-49-11-7-5-9-45(49)55(51)57(43)61)44-30-32-52(56-46-10-6-8-12-50(46)62(54)58(44)56)60(41-25-17-37(3)18-26-41)42-27-19-38(4)20-28-42/h5-34H,1-4H3/i1D3,2D3,3D3,4D3. The van der Waals surface area contributed by atoms with Gasteiger partial charge in [0.25, 0.3) is 0 Å². The fourth-order valence-corrected chi connectivity index (χ4v) is 10.1. The van der Waals surface area contributed by atoms with E-state index in [9.17, 15) is 0 Å². The van der Waals surface area contributed by atoms with Gasteiger partial charge in [-0.3, -0.25) is 0 Å². The Labute approximate surface area is 376 Å². The van der Waals surface area contributed by atoms with E-state index in [1.807, 2.05) is 24.3 Å². The number of hydrogen-bond acceptors (Lipinski definition) is 2. The lowest BCUT2D eigenvalue weighted by Gasteiger charge is -2.27. The zero-order valence-corrected chi connectivity index (χ0v) is 33.1. The SMILES string of the molecule is [2H]C([2H])([2H])c1ccc(N(c2ccc(C([2H])([2H])[2H])cc2)c2ccc3c4cc5c(cc4n4c6ccccc6c2c34)c2ccc(N(c3ccc(C([2H])([2H])[2H])cc3)c3ccc(C([2H])([2H])[2H])cc3)c3c4ccccc4n5c23)cc1. The predicted octanol–water partition coefficient (Wildman–Crippen LogP) is 16.2. The highest BCUT2D eigenvalue weighted by molar-refractivity contribution is 6.32. The highest BCUT2D eigenvalue weighted by Gasteiger charge is 2.28. The topological polar surface area (TPSA) is 15.3 Å². The minimum absolute atomic E-state index is 0.213. The van der Waals surface area contributed by atoms with E-state index < -0.39 is 27.4 Å². The molecule has 62 heavy (non-hydrogen) atoms. The fourth-order valence-electron chi connectivity index (χ4n) is 10.1. The molecule has 4 heteroatoms. The third kappa shape index (κ3) is 4.83. The zero-order chi connectivity index (χ0) is 51.4. The molecule has 0 amide bonds. The Bertz CT molecular complexity index is 3940. The second kappa shape index (κ2) is 12.8. The molecule has 4 nitrogen and oxygen atoms in total. The normalized spacial score (nSPS) is 15.9. The quantitative estimate of drug-likeness (QED) is 0.166. The molecule has 0 atom stereocenters. The summed E-state index contributed by atoms with van der Waals surface area (Å²) in [5.41, 5.74) is 11.4. The molecule has 0 bridgehead atoms. The highest BCUT2D eigenvalue weighted by atomic mass is 15.2. The summed E-state index contributed by atoms with van der Waals surface area (Å²) in [6.07, 6.45) is 0. The van der Waals surface area contributed by atoms with Crippen LogP contribution in [0.4, 0.5) is 34.1 Å². The molecule has 0 fully saturated rings. The Morgan fingerprint density at radius 2 is 0.661 bits per heavy atom. The van der Waals surface area contributed by atoms with E-state index in [1.165, 1.54) is 0 Å². The molecule has 0 saturated carbocycles. The van der Waals surface area contributed by atoms with Crippen LogP contribution in [0.5, 0.6) is 0 Å². The summed E-state index contributed by atoms with van der Waals surface area (Å²) in [5, 5.41) is 8.13. The number of aromatic nitrogens is 2. The van der Waals surface area contributed by atoms with Gasteiger partial charge in [0.05, 0.1) is 44.5 Å². The van der Waals surface area contributed by atoms with E-state index in [-0.39, 0.29) is 22.3 Å². The third-order valence-corrected chi connectivity index (χ3v) is 12.7. The van der Waals surface area contributed by atoms with Crippen molar-refractivity contribution in [3.05, 3.63) is 204 Å². The number of rotatable bonds is 6. The Morgan fingerprint density at radius 3 is 1.00 bits per heavy atom. The van der Waals surface area contributed by atoms with Gasteiger partial charge in [-0.2, -0.15) is 0 Å². The average Bonchev–Trinajstić information content (AvgIpc) is 4.10. The van der Waals surface area contributed by atoms with Gasteiger partial charge in [0.2, 0.25) is 0 Å². The molecule has 0 unspecified atom stereocenters. The summed E-state index contributed by atoms with van der Waals surface area (Å²) in [6.45, 7) is -9.19. The van der Waals surface area contributed by atoms with Crippen molar-refractivity contribution >= 4 is 110 Å². The second-order valence-corrected chi connectivity index (χ2v) is 16.2. The molecule has 4 heterocycles. The molecule has 0 radical (unpaired) electrons. The van der Waals surface area contributed by atoms with Crippen LogP contribution in [0.15, 0.2) is 182 Å². The first-order chi connectivity index (χ1) is 35.3. The number of hydrogen-bond donors (Lipinski definition) is 0. The number of fused-ring (bicyclic) bond motifs is 12. The Balaban J connectivity index is 1.07. The van der Waals surface area contributed by atoms with Crippen molar-refractivity contribution in [2.45, 2.75) is 27.4 Å². The molecule has 294 valence electrons. The summed E-state index contributed by atoms with van der Waals surface area (Å²) in [4.78, 5) is 4.13. The summed E-state index contributed by atoms with van der Waals surface area (Å²) in [6, 6.07) is 57.0. The summed E-state index contributed by atoms with van der Waals surface area (Å²) in [5.74, 6) is 0. The van der Waals surface area contributed by atoms with Crippen molar-refractivity contribution in [3.63, 3.8) is 0 Å². The maximum Gasteiger partial charge on any atom is 0.0641 e. The molecule has 0 saturated heterocycles. The first kappa shape index (κ1) is 25.1. The predicted molar refractivity (Wildman–Crippen MR) is 264 cm³/mol. The minimum Gasteiger partial charge on any atom is -0.310 e. The van der Waals surface area contributed by atoms with Crippen LogP contribution in [-0.2, 0) is 0 Å². The van der Waals surface area contributed by atoms with Crippen LogP contribution >= 0.6 is 0 Å². The lowest BCUT2D eigenvalue weighted by atomic mass is 10.0. The van der Waals surface area contributed by atoms with Gasteiger partial charge in [-0.05, 0) is 112 Å². The molecular weight excluding hydrogens is 753 g/mol. The molecule has 4 aromatic heterocycles. The third-order valence-electron chi connectivity index (χ3n) is 12.7. The molecule has 0 spiro atoms. The molecule has 0 aliphatic heterocycles. The van der Waals surface area contributed by atoms with Gasteiger partial charge in [0, 0.05) is 82.3 Å². The summed E-state index contributed by atoms with van der Waals surface area (Å²) >= 11 is 0. The van der Waals surface area contributed by atoms with E-state index in [0.717, 1.165) is 87.6 Å². The van der Waals surface area contributed by atoms with Crippen LogP contribution in [0.2, 0.25) is 0 Å². The van der Waals surface area contributed by atoms with Crippen molar-refractivity contribution in [1.82, 2.24) is 8.80 Å². The Kier molecular flexibility index (Phi) is 5.19. The van der Waals surface area contributed by atoms with Gasteiger partial charge in [-0.1, -0.05) is 119 Å². The molecule has 0 N–H and O–H groups in total. The zero-order valence-electron chi connectivity index (χ0n) is 45.1. The van der Waals surface area contributed by atoms with Gasteiger partial charge in [0.15, 0.2) is 0 Å². The first-order valence-electron chi connectivity index (χ1n) is 26.6. The Morgan fingerprint density at radius 1 is 0.323 bits per heavy atom. The Hall–Kier alpha value is -7.82. The van der Waals surface area contributed by atoms with Crippen molar-refractivity contribution in [2.24, 2.45) is 0 Å². The minimum atomic E-state index is -2.30. The molecule has 13 rings (SSSR count). The van der Waals surface area contributed by atoms with Crippen LogP contribution < -0.4 is 9.80 Å². The monoisotopic (exact) mass is 806 g/mol. The number of benzene rings is 9. The largest absolute Gasteiger partial charge is 0.310 e. The average molecular weight is 807 g/mol. The van der Waals surface area contributed by atoms with Crippen molar-refractivity contribution in [3.8, 4) is 0 Å². The molecule has 13 aromatic rings. The fraction of sp³-hybridized carbons (Fsp3) is 0.0690. The van der Waals surface area contributed by atoms with Gasteiger partial charge in [-0.15, -0.1) is 0 Å². The van der Waals surface area contributed by atoms with Gasteiger partial charge < -0.3 is 18.6 Å². The van der Waals surface area contributed by atoms with Gasteiger partial charge >= 0.3 is 0 Å². The second-order valence-electron chi connectivity index (χ2n) is 16.2. The smallest absolute Gasteiger partial charge is 0.0641 e. The van der Waals surface area contributed by atoms with E-state index in [0.29, 0.717) is 22.7 Å². The number of anilines is 6. The summed E-state index contributed by atoms with van der Waals surface area (Å²) in [7, 11) is 0. The lowest BCUT2D eigenvalue weighted by molar-refractivity contribution is 1.28.